The number of rotatable bonds is 5. The van der Waals surface area contributed by atoms with E-state index in [0.717, 1.165) is 27.9 Å². The van der Waals surface area contributed by atoms with Gasteiger partial charge in [-0.25, -0.2) is 19.0 Å². The van der Waals surface area contributed by atoms with Gasteiger partial charge in [-0.05, 0) is 55.2 Å². The van der Waals surface area contributed by atoms with E-state index in [1.807, 2.05) is 30.3 Å². The SMILES string of the molecule is Cc1ccc(Cn2nnc3cc(-c4ccnc(NC5CC5)n4)ccc32)cc1F. The van der Waals surface area contributed by atoms with Gasteiger partial charge in [0.25, 0.3) is 0 Å². The van der Waals surface area contributed by atoms with Gasteiger partial charge < -0.3 is 5.32 Å². The Balaban J connectivity index is 1.43. The maximum Gasteiger partial charge on any atom is 0.223 e. The highest BCUT2D eigenvalue weighted by molar-refractivity contribution is 5.80. The van der Waals surface area contributed by atoms with E-state index in [9.17, 15) is 4.39 Å². The second kappa shape index (κ2) is 6.67. The first-order valence-corrected chi connectivity index (χ1v) is 9.34. The van der Waals surface area contributed by atoms with E-state index < -0.39 is 0 Å². The van der Waals surface area contributed by atoms with Crippen molar-refractivity contribution in [1.29, 1.82) is 0 Å². The number of aromatic nitrogens is 5. The predicted octanol–water partition coefficient (Wildman–Crippen LogP) is 3.96. The van der Waals surface area contributed by atoms with Crippen LogP contribution in [0.2, 0.25) is 0 Å². The fourth-order valence-corrected chi connectivity index (χ4v) is 3.16. The minimum Gasteiger partial charge on any atom is -0.351 e. The van der Waals surface area contributed by atoms with E-state index in [0.29, 0.717) is 24.1 Å². The first-order valence-electron chi connectivity index (χ1n) is 9.34. The van der Waals surface area contributed by atoms with Crippen LogP contribution in [0.5, 0.6) is 0 Å². The van der Waals surface area contributed by atoms with Gasteiger partial charge in [0.15, 0.2) is 0 Å². The van der Waals surface area contributed by atoms with Crippen molar-refractivity contribution in [3.05, 3.63) is 65.6 Å². The maximum absolute atomic E-state index is 13.8. The monoisotopic (exact) mass is 374 g/mol. The van der Waals surface area contributed by atoms with Crippen LogP contribution in [-0.2, 0) is 6.54 Å². The van der Waals surface area contributed by atoms with Gasteiger partial charge in [0.1, 0.15) is 11.3 Å². The van der Waals surface area contributed by atoms with Crippen LogP contribution >= 0.6 is 0 Å². The third-order valence-corrected chi connectivity index (χ3v) is 4.94. The summed E-state index contributed by atoms with van der Waals surface area (Å²) in [6.45, 7) is 2.22. The molecule has 140 valence electrons. The van der Waals surface area contributed by atoms with Crippen LogP contribution < -0.4 is 5.32 Å². The Kier molecular flexibility index (Phi) is 4.00. The topological polar surface area (TPSA) is 68.5 Å². The number of hydrogen-bond acceptors (Lipinski definition) is 5. The zero-order chi connectivity index (χ0) is 19.1. The minimum atomic E-state index is -0.205. The van der Waals surface area contributed by atoms with E-state index in [1.54, 1.807) is 29.9 Å². The van der Waals surface area contributed by atoms with Crippen molar-refractivity contribution in [2.24, 2.45) is 0 Å². The molecule has 1 aliphatic carbocycles. The predicted molar refractivity (Wildman–Crippen MR) is 105 cm³/mol. The van der Waals surface area contributed by atoms with Crippen LogP contribution in [0.4, 0.5) is 10.3 Å². The Hall–Kier alpha value is -3.35. The zero-order valence-electron chi connectivity index (χ0n) is 15.4. The summed E-state index contributed by atoms with van der Waals surface area (Å²) in [5, 5.41) is 11.8. The third-order valence-electron chi connectivity index (χ3n) is 4.94. The second-order valence-corrected chi connectivity index (χ2v) is 7.22. The van der Waals surface area contributed by atoms with Crippen LogP contribution in [0.1, 0.15) is 24.0 Å². The van der Waals surface area contributed by atoms with Crippen LogP contribution in [0.15, 0.2) is 48.7 Å². The number of anilines is 1. The lowest BCUT2D eigenvalue weighted by Gasteiger charge is -2.06. The van der Waals surface area contributed by atoms with E-state index in [4.69, 9.17) is 0 Å². The average Bonchev–Trinajstić information content (AvgIpc) is 3.43. The van der Waals surface area contributed by atoms with Gasteiger partial charge in [0.2, 0.25) is 5.95 Å². The lowest BCUT2D eigenvalue weighted by molar-refractivity contribution is 0.609. The fraction of sp³-hybridized carbons (Fsp3) is 0.238. The van der Waals surface area contributed by atoms with Gasteiger partial charge in [0, 0.05) is 17.8 Å². The molecule has 2 aromatic heterocycles. The van der Waals surface area contributed by atoms with E-state index >= 15 is 0 Å². The van der Waals surface area contributed by atoms with E-state index in [-0.39, 0.29) is 5.82 Å². The Morgan fingerprint density at radius 2 is 2.04 bits per heavy atom. The summed E-state index contributed by atoms with van der Waals surface area (Å²) in [6, 6.07) is 13.6. The fourth-order valence-electron chi connectivity index (χ4n) is 3.16. The summed E-state index contributed by atoms with van der Waals surface area (Å²) >= 11 is 0. The molecule has 6 nitrogen and oxygen atoms in total. The molecule has 2 heterocycles. The number of hydrogen-bond donors (Lipinski definition) is 1. The Bertz CT molecular complexity index is 1160. The molecule has 7 heteroatoms. The molecule has 0 atom stereocenters. The third kappa shape index (κ3) is 3.31. The number of nitrogens with one attached hydrogen (secondary N) is 1. The van der Waals surface area contributed by atoms with Crippen molar-refractivity contribution in [3.8, 4) is 11.3 Å². The molecular formula is C21H19FN6. The molecule has 1 fully saturated rings. The average molecular weight is 374 g/mol. The van der Waals surface area contributed by atoms with Crippen molar-refractivity contribution in [2.75, 3.05) is 5.32 Å². The molecule has 28 heavy (non-hydrogen) atoms. The van der Waals surface area contributed by atoms with Crippen LogP contribution in [0.25, 0.3) is 22.3 Å². The molecule has 0 saturated heterocycles. The molecular weight excluding hydrogens is 355 g/mol. The van der Waals surface area contributed by atoms with Crippen molar-refractivity contribution in [1.82, 2.24) is 25.0 Å². The Morgan fingerprint density at radius 3 is 2.86 bits per heavy atom. The lowest BCUT2D eigenvalue weighted by Crippen LogP contribution is -2.05. The number of halogens is 1. The maximum atomic E-state index is 13.8. The van der Waals surface area contributed by atoms with Gasteiger partial charge in [-0.2, -0.15) is 0 Å². The number of fused-ring (bicyclic) bond motifs is 1. The van der Waals surface area contributed by atoms with Crippen LogP contribution in [-0.4, -0.2) is 31.0 Å². The molecule has 1 aliphatic rings. The Morgan fingerprint density at radius 1 is 1.14 bits per heavy atom. The van der Waals surface area contributed by atoms with Crippen LogP contribution in [0.3, 0.4) is 0 Å². The lowest BCUT2D eigenvalue weighted by atomic mass is 10.1. The standard InChI is InChI=1S/C21H19FN6/c1-13-2-3-14(10-17(13)22)12-28-20-7-4-15(11-19(20)26-27-28)18-8-9-23-21(25-18)24-16-5-6-16/h2-4,7-11,16H,5-6,12H2,1H3,(H,23,24,25). The highest BCUT2D eigenvalue weighted by Gasteiger charge is 2.22. The molecule has 1 saturated carbocycles. The number of benzene rings is 2. The molecule has 0 radical (unpaired) electrons. The van der Waals surface area contributed by atoms with Crippen molar-refractivity contribution >= 4 is 17.0 Å². The molecule has 0 unspecified atom stereocenters. The van der Waals surface area contributed by atoms with Gasteiger partial charge >= 0.3 is 0 Å². The second-order valence-electron chi connectivity index (χ2n) is 7.22. The van der Waals surface area contributed by atoms with Crippen molar-refractivity contribution < 1.29 is 4.39 Å². The number of aryl methyl sites for hydroxylation is 1. The Labute approximate surface area is 161 Å². The molecule has 0 bridgehead atoms. The smallest absolute Gasteiger partial charge is 0.223 e. The highest BCUT2D eigenvalue weighted by Crippen LogP contribution is 2.26. The minimum absolute atomic E-state index is 0.205. The van der Waals surface area contributed by atoms with Gasteiger partial charge in [-0.1, -0.05) is 23.4 Å². The van der Waals surface area contributed by atoms with Crippen molar-refractivity contribution in [3.63, 3.8) is 0 Å². The molecule has 0 amide bonds. The number of nitrogens with zero attached hydrogens (tertiary/aromatic N) is 5. The summed E-state index contributed by atoms with van der Waals surface area (Å²) in [5.74, 6) is 0.453. The summed E-state index contributed by atoms with van der Waals surface area (Å²) in [4.78, 5) is 8.89. The highest BCUT2D eigenvalue weighted by atomic mass is 19.1. The summed E-state index contributed by atoms with van der Waals surface area (Å²) in [5.41, 5.74) is 4.97. The van der Waals surface area contributed by atoms with Gasteiger partial charge in [-0.15, -0.1) is 5.10 Å². The molecule has 0 spiro atoms. The molecule has 2 aromatic carbocycles. The quantitative estimate of drug-likeness (QED) is 0.573. The summed E-state index contributed by atoms with van der Waals surface area (Å²) in [7, 11) is 0. The van der Waals surface area contributed by atoms with E-state index in [2.05, 4.69) is 25.6 Å². The van der Waals surface area contributed by atoms with Gasteiger partial charge in [-0.3, -0.25) is 0 Å². The zero-order valence-corrected chi connectivity index (χ0v) is 15.4. The molecule has 5 rings (SSSR count). The van der Waals surface area contributed by atoms with E-state index in [1.165, 1.54) is 12.8 Å². The summed E-state index contributed by atoms with van der Waals surface area (Å²) < 4.78 is 15.6. The summed E-state index contributed by atoms with van der Waals surface area (Å²) in [6.07, 6.45) is 4.11. The molecule has 1 N–H and O–H groups in total. The largest absolute Gasteiger partial charge is 0.351 e. The first-order chi connectivity index (χ1) is 13.7. The molecule has 0 aliphatic heterocycles. The normalized spacial score (nSPS) is 13.8. The van der Waals surface area contributed by atoms with Gasteiger partial charge in [0.05, 0.1) is 17.8 Å². The molecule has 4 aromatic rings. The van der Waals surface area contributed by atoms with Crippen molar-refractivity contribution in [2.45, 2.75) is 32.4 Å². The van der Waals surface area contributed by atoms with Crippen LogP contribution in [0, 0.1) is 12.7 Å². The first kappa shape index (κ1) is 16.8.